The van der Waals surface area contributed by atoms with Gasteiger partial charge in [-0.3, -0.25) is 24.4 Å². The summed E-state index contributed by atoms with van der Waals surface area (Å²) in [4.78, 5) is 30.5. The molecule has 0 unspecified atom stereocenters. The fourth-order valence-corrected chi connectivity index (χ4v) is 4.09. The molecule has 0 atom stereocenters. The Bertz CT molecular complexity index is 1670. The van der Waals surface area contributed by atoms with Crippen LogP contribution in [0.2, 0.25) is 0 Å². The lowest BCUT2D eigenvalue weighted by Gasteiger charge is -2.13. The highest BCUT2D eigenvalue weighted by Crippen LogP contribution is 2.24. The van der Waals surface area contributed by atoms with Crippen molar-refractivity contribution in [1.82, 2.24) is 25.0 Å². The number of anilines is 1. The summed E-state index contributed by atoms with van der Waals surface area (Å²) in [7, 11) is 1.75. The third-order valence-electron chi connectivity index (χ3n) is 6.22. The first-order valence-corrected chi connectivity index (χ1v) is 12.3. The Kier molecular flexibility index (Phi) is 6.46. The first-order valence-electron chi connectivity index (χ1n) is 12.3. The van der Waals surface area contributed by atoms with Crippen molar-refractivity contribution >= 4 is 40.4 Å². The molecule has 0 saturated heterocycles. The molecule has 0 saturated carbocycles. The normalized spacial score (nSPS) is 11.8. The second kappa shape index (κ2) is 9.89. The summed E-state index contributed by atoms with van der Waals surface area (Å²) in [6.45, 7) is 6.14. The summed E-state index contributed by atoms with van der Waals surface area (Å²) in [6, 6.07) is 19.9. The number of pyridine rings is 1. The van der Waals surface area contributed by atoms with Gasteiger partial charge >= 0.3 is 0 Å². The molecule has 0 aliphatic rings. The van der Waals surface area contributed by atoms with Crippen molar-refractivity contribution in [2.75, 3.05) is 5.32 Å². The average Bonchev–Trinajstić information content (AvgIpc) is 3.51. The van der Waals surface area contributed by atoms with Crippen LogP contribution in [-0.2, 0) is 12.5 Å². The third kappa shape index (κ3) is 5.15. The van der Waals surface area contributed by atoms with Gasteiger partial charge in [-0.25, -0.2) is 0 Å². The van der Waals surface area contributed by atoms with E-state index in [1.54, 1.807) is 60.4 Å². The van der Waals surface area contributed by atoms with E-state index in [2.05, 4.69) is 25.6 Å². The molecule has 3 heterocycles. The van der Waals surface area contributed by atoms with Crippen molar-refractivity contribution in [3.05, 3.63) is 107 Å². The molecule has 0 spiro atoms. The van der Waals surface area contributed by atoms with Crippen LogP contribution in [0.4, 0.5) is 5.69 Å². The summed E-state index contributed by atoms with van der Waals surface area (Å²) in [5.74, 6) is -0.441. The maximum Gasteiger partial charge on any atom is 0.273 e. The highest BCUT2D eigenvalue weighted by atomic mass is 16.2. The molecule has 3 aromatic heterocycles. The van der Waals surface area contributed by atoms with Crippen LogP contribution in [0.25, 0.3) is 23.1 Å². The van der Waals surface area contributed by atoms with E-state index in [1.165, 1.54) is 0 Å². The molecule has 0 aliphatic carbocycles. The molecule has 8 heteroatoms. The molecule has 0 bridgehead atoms. The number of benzene rings is 2. The van der Waals surface area contributed by atoms with Crippen LogP contribution >= 0.6 is 0 Å². The summed E-state index contributed by atoms with van der Waals surface area (Å²) >= 11 is 0. The van der Waals surface area contributed by atoms with Gasteiger partial charge in [-0.1, -0.05) is 45.0 Å². The van der Waals surface area contributed by atoms with Gasteiger partial charge < -0.3 is 5.32 Å². The molecule has 5 aromatic rings. The standard InChI is InChI=1S/C30H28N6O2/c1-30(2,3)27-18-26(36(4)35-27)29(38)32-22-10-7-8-19(16-22)28(37)20-11-13-23-24(33-34-25(23)17-20)14-12-21-9-5-6-15-31-21/h5-18H,1-4H3,(H,32,38)(H,33,34)/b14-12+. The van der Waals surface area contributed by atoms with Gasteiger partial charge in [0.15, 0.2) is 5.78 Å². The van der Waals surface area contributed by atoms with Crippen LogP contribution in [0.1, 0.15) is 64.3 Å². The van der Waals surface area contributed by atoms with E-state index < -0.39 is 0 Å². The summed E-state index contributed by atoms with van der Waals surface area (Å²) < 4.78 is 1.57. The smallest absolute Gasteiger partial charge is 0.273 e. The minimum absolute atomic E-state index is 0.154. The van der Waals surface area contributed by atoms with Crippen LogP contribution in [-0.4, -0.2) is 36.7 Å². The molecule has 5 rings (SSSR count). The Balaban J connectivity index is 1.34. The lowest BCUT2D eigenvalue weighted by atomic mass is 9.92. The van der Waals surface area contributed by atoms with Gasteiger partial charge in [0.25, 0.3) is 5.91 Å². The fraction of sp³-hybridized carbons (Fsp3) is 0.167. The molecular formula is C30H28N6O2. The van der Waals surface area contributed by atoms with Crippen molar-refractivity contribution in [1.29, 1.82) is 0 Å². The number of amides is 1. The topological polar surface area (TPSA) is 106 Å². The SMILES string of the molecule is Cn1nc(C(C)(C)C)cc1C(=O)Nc1cccc(C(=O)c2ccc3c(/C=C/c4ccccn4)n[nH]c3c2)c1. The second-order valence-electron chi connectivity index (χ2n) is 10.1. The Labute approximate surface area is 220 Å². The number of fused-ring (bicyclic) bond motifs is 1. The number of nitrogens with one attached hydrogen (secondary N) is 2. The maximum atomic E-state index is 13.3. The molecule has 8 nitrogen and oxygen atoms in total. The second-order valence-corrected chi connectivity index (χ2v) is 10.1. The summed E-state index contributed by atoms with van der Waals surface area (Å²) in [5, 5.41) is 15.6. The molecule has 0 radical (unpaired) electrons. The van der Waals surface area contributed by atoms with E-state index in [0.29, 0.717) is 22.5 Å². The van der Waals surface area contributed by atoms with E-state index in [-0.39, 0.29) is 17.1 Å². The van der Waals surface area contributed by atoms with Crippen LogP contribution < -0.4 is 5.32 Å². The lowest BCUT2D eigenvalue weighted by Crippen LogP contribution is -2.16. The van der Waals surface area contributed by atoms with Gasteiger partial charge in [-0.15, -0.1) is 0 Å². The highest BCUT2D eigenvalue weighted by Gasteiger charge is 2.22. The number of nitrogens with zero attached hydrogens (tertiary/aromatic N) is 4. The number of aromatic nitrogens is 5. The number of carbonyl (C=O) groups excluding carboxylic acids is 2. The molecule has 0 fully saturated rings. The number of carbonyl (C=O) groups is 2. The van der Waals surface area contributed by atoms with E-state index in [4.69, 9.17) is 0 Å². The van der Waals surface area contributed by atoms with Crippen molar-refractivity contribution in [3.63, 3.8) is 0 Å². The minimum atomic E-state index is -0.287. The molecular weight excluding hydrogens is 476 g/mol. The van der Waals surface area contributed by atoms with E-state index in [0.717, 1.165) is 28.0 Å². The van der Waals surface area contributed by atoms with Gasteiger partial charge in [0.1, 0.15) is 5.69 Å². The zero-order chi connectivity index (χ0) is 26.9. The van der Waals surface area contributed by atoms with Crippen LogP contribution in [0.15, 0.2) is 72.9 Å². The van der Waals surface area contributed by atoms with Crippen molar-refractivity contribution < 1.29 is 9.59 Å². The third-order valence-corrected chi connectivity index (χ3v) is 6.22. The Morgan fingerprint density at radius 2 is 1.76 bits per heavy atom. The quantitative estimate of drug-likeness (QED) is 0.291. The van der Waals surface area contributed by atoms with Gasteiger partial charge in [-0.05, 0) is 54.6 Å². The van der Waals surface area contributed by atoms with Crippen LogP contribution in [0, 0.1) is 0 Å². The molecule has 2 aromatic carbocycles. The molecule has 190 valence electrons. The van der Waals surface area contributed by atoms with Gasteiger partial charge in [0, 0.05) is 40.9 Å². The van der Waals surface area contributed by atoms with Crippen molar-refractivity contribution in [2.45, 2.75) is 26.2 Å². The summed E-state index contributed by atoms with van der Waals surface area (Å²) in [6.07, 6.45) is 5.52. The number of hydrogen-bond acceptors (Lipinski definition) is 5. The maximum absolute atomic E-state index is 13.3. The molecule has 38 heavy (non-hydrogen) atoms. The molecule has 2 N–H and O–H groups in total. The first-order chi connectivity index (χ1) is 18.2. The van der Waals surface area contributed by atoms with E-state index >= 15 is 0 Å². The van der Waals surface area contributed by atoms with Crippen molar-refractivity contribution in [2.24, 2.45) is 7.05 Å². The lowest BCUT2D eigenvalue weighted by molar-refractivity contribution is 0.101. The van der Waals surface area contributed by atoms with Crippen molar-refractivity contribution in [3.8, 4) is 0 Å². The molecule has 1 amide bonds. The number of H-pyrrole nitrogens is 1. The predicted molar refractivity (Wildman–Crippen MR) is 149 cm³/mol. The summed E-state index contributed by atoms with van der Waals surface area (Å²) in [5.41, 5.74) is 4.98. The number of ketones is 1. The zero-order valence-electron chi connectivity index (χ0n) is 21.7. The number of aryl methyl sites for hydroxylation is 1. The monoisotopic (exact) mass is 504 g/mol. The molecule has 0 aliphatic heterocycles. The zero-order valence-corrected chi connectivity index (χ0v) is 21.7. The van der Waals surface area contributed by atoms with E-state index in [1.807, 2.05) is 57.2 Å². The average molecular weight is 505 g/mol. The Hall–Kier alpha value is -4.85. The number of hydrogen-bond donors (Lipinski definition) is 2. The van der Waals surface area contributed by atoms with Gasteiger partial charge in [0.05, 0.1) is 22.6 Å². The van der Waals surface area contributed by atoms with Gasteiger partial charge in [0.2, 0.25) is 0 Å². The number of rotatable bonds is 6. The predicted octanol–water partition coefficient (Wildman–Crippen LogP) is 5.64. The largest absolute Gasteiger partial charge is 0.321 e. The van der Waals surface area contributed by atoms with Crippen LogP contribution in [0.5, 0.6) is 0 Å². The van der Waals surface area contributed by atoms with E-state index in [9.17, 15) is 9.59 Å². The highest BCUT2D eigenvalue weighted by molar-refractivity contribution is 6.12. The first kappa shape index (κ1) is 24.8. The number of aromatic amines is 1. The minimum Gasteiger partial charge on any atom is -0.321 e. The fourth-order valence-electron chi connectivity index (χ4n) is 4.09. The Morgan fingerprint density at radius 3 is 2.50 bits per heavy atom. The van der Waals surface area contributed by atoms with Gasteiger partial charge in [-0.2, -0.15) is 10.2 Å². The van der Waals surface area contributed by atoms with Crippen LogP contribution in [0.3, 0.4) is 0 Å². The Morgan fingerprint density at radius 1 is 0.947 bits per heavy atom.